The van der Waals surface area contributed by atoms with Crippen molar-refractivity contribution >= 4 is 5.91 Å². The summed E-state index contributed by atoms with van der Waals surface area (Å²) in [5.41, 5.74) is 2.17. The number of amides is 1. The summed E-state index contributed by atoms with van der Waals surface area (Å²) >= 11 is 0. The van der Waals surface area contributed by atoms with Gasteiger partial charge in [-0.15, -0.1) is 5.10 Å². The molecule has 0 N–H and O–H groups in total. The normalized spacial score (nSPS) is 19.6. The number of nitrogens with zero attached hydrogens (tertiary/aromatic N) is 4. The lowest BCUT2D eigenvalue weighted by Crippen LogP contribution is -2.29. The summed E-state index contributed by atoms with van der Waals surface area (Å²) in [6.45, 7) is 2.91. The largest absolute Gasteiger partial charge is 0.375 e. The average Bonchev–Trinajstić information content (AvgIpc) is 3.18. The minimum absolute atomic E-state index is 0.229. The number of carbonyl (C=O) groups is 1. The van der Waals surface area contributed by atoms with Crippen LogP contribution in [0.4, 0.5) is 0 Å². The van der Waals surface area contributed by atoms with Crippen LogP contribution in [0, 0.1) is 5.92 Å². The zero-order chi connectivity index (χ0) is 18.5. The monoisotopic (exact) mass is 368 g/mol. The molecule has 0 bridgehead atoms. The summed E-state index contributed by atoms with van der Waals surface area (Å²) in [5, 5.41) is 8.47. The molecule has 1 unspecified atom stereocenters. The molecule has 2 fully saturated rings. The predicted molar refractivity (Wildman–Crippen MR) is 102 cm³/mol. The van der Waals surface area contributed by atoms with Crippen molar-refractivity contribution in [2.24, 2.45) is 5.92 Å². The van der Waals surface area contributed by atoms with Crippen LogP contribution in [0.1, 0.15) is 49.4 Å². The van der Waals surface area contributed by atoms with Gasteiger partial charge in [0.25, 0.3) is 0 Å². The van der Waals surface area contributed by atoms with E-state index in [1.165, 1.54) is 18.4 Å². The predicted octanol–water partition coefficient (Wildman–Crippen LogP) is 3.00. The SMILES string of the molecule is O=C(CCCc1ccccc1)N1CCC(n2cc(COCC3CC3)nn2)C1. The Morgan fingerprint density at radius 2 is 2.04 bits per heavy atom. The molecule has 1 saturated carbocycles. The van der Waals surface area contributed by atoms with E-state index in [2.05, 4.69) is 22.4 Å². The Balaban J connectivity index is 1.19. The Morgan fingerprint density at radius 1 is 1.19 bits per heavy atom. The topological polar surface area (TPSA) is 60.2 Å². The average molecular weight is 368 g/mol. The van der Waals surface area contributed by atoms with Crippen LogP contribution in [-0.2, 0) is 22.6 Å². The van der Waals surface area contributed by atoms with Gasteiger partial charge in [0.1, 0.15) is 5.69 Å². The number of rotatable bonds is 9. The van der Waals surface area contributed by atoms with Crippen LogP contribution >= 0.6 is 0 Å². The van der Waals surface area contributed by atoms with Crippen LogP contribution in [0.5, 0.6) is 0 Å². The lowest BCUT2D eigenvalue weighted by atomic mass is 10.1. The maximum absolute atomic E-state index is 12.5. The highest BCUT2D eigenvalue weighted by Crippen LogP contribution is 2.29. The van der Waals surface area contributed by atoms with Crippen molar-refractivity contribution in [1.82, 2.24) is 19.9 Å². The van der Waals surface area contributed by atoms with Gasteiger partial charge in [-0.25, -0.2) is 4.68 Å². The van der Waals surface area contributed by atoms with Crippen LogP contribution in [0.15, 0.2) is 36.5 Å². The second kappa shape index (κ2) is 8.65. The third-order valence-electron chi connectivity index (χ3n) is 5.45. The fraction of sp³-hybridized carbons (Fsp3) is 0.571. The molecule has 27 heavy (non-hydrogen) atoms. The molecule has 1 aromatic heterocycles. The number of benzene rings is 1. The summed E-state index contributed by atoms with van der Waals surface area (Å²) in [7, 11) is 0. The van der Waals surface area contributed by atoms with Crippen LogP contribution in [0.2, 0.25) is 0 Å². The highest BCUT2D eigenvalue weighted by Gasteiger charge is 2.28. The second-order valence-corrected chi connectivity index (χ2v) is 7.77. The summed E-state index contributed by atoms with van der Waals surface area (Å²) in [4.78, 5) is 14.5. The Bertz CT molecular complexity index is 742. The van der Waals surface area contributed by atoms with E-state index in [0.29, 0.717) is 13.0 Å². The van der Waals surface area contributed by atoms with E-state index in [1.807, 2.05) is 34.0 Å². The van der Waals surface area contributed by atoms with Gasteiger partial charge in [-0.2, -0.15) is 0 Å². The van der Waals surface area contributed by atoms with Crippen LogP contribution in [0.25, 0.3) is 0 Å². The Hall–Kier alpha value is -2.21. The van der Waals surface area contributed by atoms with Crippen molar-refractivity contribution in [3.63, 3.8) is 0 Å². The first-order valence-corrected chi connectivity index (χ1v) is 10.1. The molecule has 1 amide bonds. The van der Waals surface area contributed by atoms with Crippen LogP contribution in [0.3, 0.4) is 0 Å². The molecule has 144 valence electrons. The van der Waals surface area contributed by atoms with Crippen molar-refractivity contribution in [2.75, 3.05) is 19.7 Å². The standard InChI is InChI=1S/C21H28N4O2/c26-21(8-4-7-17-5-2-1-3-6-17)24-12-11-20(14-24)25-13-19(22-23-25)16-27-15-18-9-10-18/h1-3,5-6,13,18,20H,4,7-12,14-16H2. The molecule has 2 aromatic rings. The van der Waals surface area contributed by atoms with Gasteiger partial charge in [0.2, 0.25) is 5.91 Å². The number of aryl methyl sites for hydroxylation is 1. The summed E-state index contributed by atoms with van der Waals surface area (Å²) < 4.78 is 7.59. The minimum Gasteiger partial charge on any atom is -0.375 e. The van der Waals surface area contributed by atoms with Crippen LogP contribution in [-0.4, -0.2) is 45.5 Å². The van der Waals surface area contributed by atoms with Gasteiger partial charge in [-0.05, 0) is 43.6 Å². The van der Waals surface area contributed by atoms with Crippen molar-refractivity contribution in [3.05, 3.63) is 47.8 Å². The van der Waals surface area contributed by atoms with E-state index < -0.39 is 0 Å². The minimum atomic E-state index is 0.229. The fourth-order valence-corrected chi connectivity index (χ4v) is 3.60. The molecule has 6 heteroatoms. The molecule has 1 aliphatic heterocycles. The molecule has 1 saturated heterocycles. The van der Waals surface area contributed by atoms with Crippen LogP contribution < -0.4 is 0 Å². The molecule has 4 rings (SSSR count). The van der Waals surface area contributed by atoms with Gasteiger partial charge < -0.3 is 9.64 Å². The molecule has 2 aliphatic rings. The summed E-state index contributed by atoms with van der Waals surface area (Å²) in [5.74, 6) is 1.01. The number of likely N-dealkylation sites (tertiary alicyclic amines) is 1. The molecular formula is C21H28N4O2. The first-order chi connectivity index (χ1) is 13.3. The molecule has 1 atom stereocenters. The molecule has 6 nitrogen and oxygen atoms in total. The second-order valence-electron chi connectivity index (χ2n) is 7.77. The number of ether oxygens (including phenoxy) is 1. The molecule has 1 aromatic carbocycles. The van der Waals surface area contributed by atoms with E-state index in [9.17, 15) is 4.79 Å². The number of hydrogen-bond acceptors (Lipinski definition) is 4. The third-order valence-corrected chi connectivity index (χ3v) is 5.45. The van der Waals surface area contributed by atoms with Crippen molar-refractivity contribution in [3.8, 4) is 0 Å². The maximum atomic E-state index is 12.5. The first-order valence-electron chi connectivity index (χ1n) is 10.1. The maximum Gasteiger partial charge on any atom is 0.222 e. The molecule has 1 aliphatic carbocycles. The van der Waals surface area contributed by atoms with E-state index in [4.69, 9.17) is 4.74 Å². The van der Waals surface area contributed by atoms with Gasteiger partial charge in [0, 0.05) is 26.1 Å². The highest BCUT2D eigenvalue weighted by molar-refractivity contribution is 5.76. The number of aromatic nitrogens is 3. The molecule has 0 radical (unpaired) electrons. The quantitative estimate of drug-likeness (QED) is 0.683. The van der Waals surface area contributed by atoms with Gasteiger partial charge >= 0.3 is 0 Å². The molecular weight excluding hydrogens is 340 g/mol. The van der Waals surface area contributed by atoms with Gasteiger partial charge in [-0.1, -0.05) is 35.5 Å². The first kappa shape index (κ1) is 18.2. The number of carbonyl (C=O) groups excluding carboxylic acids is 1. The highest BCUT2D eigenvalue weighted by atomic mass is 16.5. The summed E-state index contributed by atoms with van der Waals surface area (Å²) in [6, 6.07) is 10.6. The smallest absolute Gasteiger partial charge is 0.222 e. The molecule has 0 spiro atoms. The Labute approximate surface area is 160 Å². The van der Waals surface area contributed by atoms with E-state index >= 15 is 0 Å². The van der Waals surface area contributed by atoms with Gasteiger partial charge in [-0.3, -0.25) is 4.79 Å². The summed E-state index contributed by atoms with van der Waals surface area (Å²) in [6.07, 6.45) is 7.97. The van der Waals surface area contributed by atoms with Gasteiger partial charge in [0.15, 0.2) is 0 Å². The third kappa shape index (κ3) is 5.16. The van der Waals surface area contributed by atoms with Crippen molar-refractivity contribution < 1.29 is 9.53 Å². The zero-order valence-electron chi connectivity index (χ0n) is 15.8. The van der Waals surface area contributed by atoms with E-state index in [1.54, 1.807) is 0 Å². The van der Waals surface area contributed by atoms with E-state index in [-0.39, 0.29) is 11.9 Å². The Morgan fingerprint density at radius 3 is 2.85 bits per heavy atom. The lowest BCUT2D eigenvalue weighted by molar-refractivity contribution is -0.130. The number of hydrogen-bond donors (Lipinski definition) is 0. The van der Waals surface area contributed by atoms with E-state index in [0.717, 1.165) is 50.6 Å². The van der Waals surface area contributed by atoms with Crippen molar-refractivity contribution in [2.45, 2.75) is 51.2 Å². The fourth-order valence-electron chi connectivity index (χ4n) is 3.60. The Kier molecular flexibility index (Phi) is 5.82. The lowest BCUT2D eigenvalue weighted by Gasteiger charge is -2.16. The zero-order valence-corrected chi connectivity index (χ0v) is 15.8. The van der Waals surface area contributed by atoms with Crippen molar-refractivity contribution in [1.29, 1.82) is 0 Å². The molecule has 2 heterocycles. The van der Waals surface area contributed by atoms with Gasteiger partial charge in [0.05, 0.1) is 18.8 Å².